The summed E-state index contributed by atoms with van der Waals surface area (Å²) in [6, 6.07) is 3.78. The van der Waals surface area contributed by atoms with Crippen LogP contribution in [-0.2, 0) is 14.3 Å². The zero-order chi connectivity index (χ0) is 29.3. The number of aliphatic carboxylic acids is 2. The monoisotopic (exact) mass is 572 g/mol. The molecular weight excluding hydrogens is 549 g/mol. The molecule has 0 amide bonds. The number of halogens is 7. The van der Waals surface area contributed by atoms with E-state index in [0.717, 1.165) is 25.0 Å². The van der Waals surface area contributed by atoms with Crippen molar-refractivity contribution in [2.75, 3.05) is 31.2 Å². The highest BCUT2D eigenvalue weighted by Gasteiger charge is 2.48. The standard InChI is InChI=1S/C18H21FN4O2.2C2HF3O2/c19-15-9-21-17(22-10-15)23-7-8-25-18(13-23)5-1-3-14(18)12-24-16-4-2-6-20-11-16;2*3-2(4,5)1(6)7/h2,4,6,9-11,14H,1,3,5,7-8,12-13H2;2*(H,6,7)/t14-,18+;;/m0../s1. The molecule has 0 bridgehead atoms. The second kappa shape index (κ2) is 13.3. The molecule has 2 aromatic rings. The number of alkyl halides is 6. The largest absolute Gasteiger partial charge is 0.492 e. The van der Waals surface area contributed by atoms with Crippen molar-refractivity contribution >= 4 is 17.9 Å². The molecule has 10 nitrogen and oxygen atoms in total. The third kappa shape index (κ3) is 9.81. The van der Waals surface area contributed by atoms with Crippen molar-refractivity contribution in [3.8, 4) is 5.75 Å². The number of carboxylic acid groups (broad SMARTS) is 2. The third-order valence-corrected chi connectivity index (χ3v) is 5.57. The normalized spacial score (nSPS) is 20.8. The molecule has 216 valence electrons. The van der Waals surface area contributed by atoms with Crippen molar-refractivity contribution < 1.29 is 60.0 Å². The molecule has 1 aliphatic carbocycles. The van der Waals surface area contributed by atoms with E-state index in [-0.39, 0.29) is 5.60 Å². The van der Waals surface area contributed by atoms with Gasteiger partial charge in [-0.3, -0.25) is 4.98 Å². The Morgan fingerprint density at radius 1 is 1.08 bits per heavy atom. The molecule has 2 atom stereocenters. The molecule has 1 aliphatic heterocycles. The van der Waals surface area contributed by atoms with Crippen LogP contribution in [0.3, 0.4) is 0 Å². The first-order valence-electron chi connectivity index (χ1n) is 11.1. The molecular formula is C22H23F7N4O6. The van der Waals surface area contributed by atoms with Crippen LogP contribution in [-0.4, -0.2) is 81.4 Å². The van der Waals surface area contributed by atoms with Gasteiger partial charge in [0, 0.05) is 18.7 Å². The zero-order valence-electron chi connectivity index (χ0n) is 20.0. The number of anilines is 1. The maximum Gasteiger partial charge on any atom is 0.490 e. The molecule has 2 aromatic heterocycles. The van der Waals surface area contributed by atoms with Crippen LogP contribution >= 0.6 is 0 Å². The number of hydrogen-bond acceptors (Lipinski definition) is 8. The van der Waals surface area contributed by atoms with Crippen LogP contribution in [0.15, 0.2) is 36.9 Å². The van der Waals surface area contributed by atoms with E-state index < -0.39 is 30.1 Å². The highest BCUT2D eigenvalue weighted by atomic mass is 19.4. The lowest BCUT2D eigenvalue weighted by Gasteiger charge is -2.44. The predicted molar refractivity (Wildman–Crippen MR) is 117 cm³/mol. The van der Waals surface area contributed by atoms with Crippen molar-refractivity contribution in [2.45, 2.75) is 37.2 Å². The van der Waals surface area contributed by atoms with Crippen LogP contribution in [0.4, 0.5) is 36.7 Å². The Balaban J connectivity index is 0.000000317. The summed E-state index contributed by atoms with van der Waals surface area (Å²) in [4.78, 5) is 32.2. The molecule has 17 heteroatoms. The Hall–Kier alpha value is -3.76. The number of rotatable bonds is 4. The third-order valence-electron chi connectivity index (χ3n) is 5.57. The van der Waals surface area contributed by atoms with Crippen molar-refractivity contribution in [3.05, 3.63) is 42.7 Å². The summed E-state index contributed by atoms with van der Waals surface area (Å²) in [5.41, 5.74) is -0.252. The highest BCUT2D eigenvalue weighted by Crippen LogP contribution is 2.41. The summed E-state index contributed by atoms with van der Waals surface area (Å²) in [5, 5.41) is 14.2. The molecule has 4 rings (SSSR count). The lowest BCUT2D eigenvalue weighted by molar-refractivity contribution is -0.193. The minimum absolute atomic E-state index is 0.252. The van der Waals surface area contributed by atoms with Gasteiger partial charge in [0.1, 0.15) is 5.75 Å². The molecule has 2 fully saturated rings. The predicted octanol–water partition coefficient (Wildman–Crippen LogP) is 3.73. The van der Waals surface area contributed by atoms with E-state index in [1.54, 1.807) is 12.4 Å². The van der Waals surface area contributed by atoms with E-state index in [2.05, 4.69) is 19.9 Å². The second-order valence-corrected chi connectivity index (χ2v) is 8.23. The maximum atomic E-state index is 13.1. The Morgan fingerprint density at radius 3 is 2.18 bits per heavy atom. The molecule has 0 aromatic carbocycles. The first kappa shape index (κ1) is 31.5. The number of nitrogens with zero attached hydrogens (tertiary/aromatic N) is 4. The molecule has 2 N–H and O–H groups in total. The van der Waals surface area contributed by atoms with Gasteiger partial charge in [0.05, 0.1) is 44.0 Å². The van der Waals surface area contributed by atoms with Crippen LogP contribution in [0.2, 0.25) is 0 Å². The van der Waals surface area contributed by atoms with Crippen LogP contribution in [0.5, 0.6) is 5.75 Å². The van der Waals surface area contributed by atoms with Gasteiger partial charge >= 0.3 is 24.3 Å². The summed E-state index contributed by atoms with van der Waals surface area (Å²) in [6.07, 6.45) is -1.12. The molecule has 0 unspecified atom stereocenters. The quantitative estimate of drug-likeness (QED) is 0.522. The van der Waals surface area contributed by atoms with Crippen molar-refractivity contribution in [1.29, 1.82) is 0 Å². The second-order valence-electron chi connectivity index (χ2n) is 8.23. The Labute approximate surface area is 216 Å². The lowest BCUT2D eigenvalue weighted by Crippen LogP contribution is -2.55. The topological polar surface area (TPSA) is 135 Å². The summed E-state index contributed by atoms with van der Waals surface area (Å²) < 4.78 is 88.7. The van der Waals surface area contributed by atoms with Crippen molar-refractivity contribution in [3.63, 3.8) is 0 Å². The average molecular weight is 572 g/mol. The maximum absolute atomic E-state index is 13.1. The Bertz CT molecular complexity index is 1050. The first-order valence-corrected chi connectivity index (χ1v) is 11.1. The van der Waals surface area contributed by atoms with Crippen LogP contribution in [0.1, 0.15) is 19.3 Å². The molecule has 3 heterocycles. The van der Waals surface area contributed by atoms with Crippen LogP contribution in [0.25, 0.3) is 0 Å². The number of aromatic nitrogens is 3. The van der Waals surface area contributed by atoms with E-state index in [4.69, 9.17) is 29.3 Å². The molecule has 39 heavy (non-hydrogen) atoms. The Kier molecular flexibility index (Phi) is 10.8. The Morgan fingerprint density at radius 2 is 1.67 bits per heavy atom. The van der Waals surface area contributed by atoms with E-state index in [1.807, 2.05) is 12.1 Å². The molecule has 2 aliphatic rings. The fourth-order valence-corrected chi connectivity index (χ4v) is 3.82. The van der Waals surface area contributed by atoms with E-state index in [1.165, 1.54) is 12.4 Å². The van der Waals surface area contributed by atoms with Gasteiger partial charge < -0.3 is 24.6 Å². The molecule has 1 saturated heterocycles. The summed E-state index contributed by atoms with van der Waals surface area (Å²) in [6.45, 7) is 2.64. The fourth-order valence-electron chi connectivity index (χ4n) is 3.82. The van der Waals surface area contributed by atoms with E-state index in [0.29, 0.717) is 38.2 Å². The summed E-state index contributed by atoms with van der Waals surface area (Å²) >= 11 is 0. The number of pyridine rings is 1. The minimum Gasteiger partial charge on any atom is -0.492 e. The molecule has 0 radical (unpaired) electrons. The van der Waals surface area contributed by atoms with Gasteiger partial charge in [0.15, 0.2) is 5.82 Å². The van der Waals surface area contributed by atoms with Crippen molar-refractivity contribution in [2.24, 2.45) is 5.92 Å². The number of ether oxygens (including phenoxy) is 2. The number of carboxylic acids is 2. The minimum atomic E-state index is -5.08. The summed E-state index contributed by atoms with van der Waals surface area (Å²) in [5.74, 6) is -4.30. The first-order chi connectivity index (χ1) is 18.1. The van der Waals surface area contributed by atoms with Crippen LogP contribution in [0, 0.1) is 11.7 Å². The van der Waals surface area contributed by atoms with Crippen LogP contribution < -0.4 is 9.64 Å². The van der Waals surface area contributed by atoms with E-state index >= 15 is 0 Å². The number of morpholine rings is 1. The van der Waals surface area contributed by atoms with Gasteiger partial charge in [0.2, 0.25) is 5.95 Å². The fraction of sp³-hybridized carbons (Fsp3) is 0.500. The average Bonchev–Trinajstić information content (AvgIpc) is 3.24. The zero-order valence-corrected chi connectivity index (χ0v) is 20.0. The van der Waals surface area contributed by atoms with E-state index in [9.17, 15) is 30.7 Å². The molecule has 1 saturated carbocycles. The lowest BCUT2D eigenvalue weighted by atomic mass is 9.89. The van der Waals surface area contributed by atoms with Gasteiger partial charge in [-0.25, -0.2) is 23.9 Å². The van der Waals surface area contributed by atoms with Gasteiger partial charge in [-0.1, -0.05) is 0 Å². The SMILES string of the molecule is Fc1cnc(N2CCO[C@]3(CCC[C@H]3COc3cccnc3)C2)nc1.O=C(O)C(F)(F)F.O=C(O)C(F)(F)F. The smallest absolute Gasteiger partial charge is 0.490 e. The van der Waals surface area contributed by atoms with Gasteiger partial charge in [-0.05, 0) is 31.4 Å². The van der Waals surface area contributed by atoms with Gasteiger partial charge in [-0.15, -0.1) is 0 Å². The van der Waals surface area contributed by atoms with Gasteiger partial charge in [-0.2, -0.15) is 26.3 Å². The number of hydrogen-bond donors (Lipinski definition) is 2. The number of carbonyl (C=O) groups is 2. The van der Waals surface area contributed by atoms with Gasteiger partial charge in [0.25, 0.3) is 0 Å². The highest BCUT2D eigenvalue weighted by molar-refractivity contribution is 5.73. The molecule has 1 spiro atoms. The summed E-state index contributed by atoms with van der Waals surface area (Å²) in [7, 11) is 0. The van der Waals surface area contributed by atoms with Crippen molar-refractivity contribution in [1.82, 2.24) is 15.0 Å².